The maximum Gasteiger partial charge on any atom is 0.319 e. The van der Waals surface area contributed by atoms with Gasteiger partial charge >= 0.3 is 6.03 Å². The second-order valence-corrected chi connectivity index (χ2v) is 6.00. The van der Waals surface area contributed by atoms with E-state index in [4.69, 9.17) is 14.2 Å². The van der Waals surface area contributed by atoms with Crippen molar-refractivity contribution < 1.29 is 19.0 Å². The van der Waals surface area contributed by atoms with Crippen molar-refractivity contribution in [3.8, 4) is 17.2 Å². The average molecular weight is 342 g/mol. The summed E-state index contributed by atoms with van der Waals surface area (Å²) in [6.07, 6.45) is 0. The number of rotatable bonds is 5. The zero-order chi connectivity index (χ0) is 17.8. The molecule has 1 aliphatic rings. The van der Waals surface area contributed by atoms with Crippen LogP contribution < -0.4 is 24.8 Å². The fourth-order valence-electron chi connectivity index (χ4n) is 2.56. The normalized spacial score (nSPS) is 12.0. The molecular formula is C19H22N2O4. The van der Waals surface area contributed by atoms with Crippen LogP contribution in [0.25, 0.3) is 0 Å². The minimum atomic E-state index is -0.292. The van der Waals surface area contributed by atoms with Crippen molar-refractivity contribution in [1.29, 1.82) is 0 Å². The fourth-order valence-corrected chi connectivity index (χ4v) is 2.56. The van der Waals surface area contributed by atoms with Gasteiger partial charge in [-0.25, -0.2) is 4.79 Å². The van der Waals surface area contributed by atoms with Crippen LogP contribution in [0, 0.1) is 20.8 Å². The minimum absolute atomic E-state index is 0.209. The van der Waals surface area contributed by atoms with Gasteiger partial charge in [-0.2, -0.15) is 0 Å². The molecule has 2 aromatic rings. The standard InChI is InChI=1S/C19H22N2O4/c1-12-8-14(3)17(9-13(12)2)23-7-6-20-19(22)21-15-4-5-16-18(10-15)25-11-24-16/h4-5,8-10H,6-7,11H2,1-3H3,(H2,20,21,22). The molecule has 1 aliphatic heterocycles. The Kier molecular flexibility index (Phi) is 4.97. The molecule has 0 saturated heterocycles. The number of anilines is 1. The molecule has 2 N–H and O–H groups in total. The predicted molar refractivity (Wildman–Crippen MR) is 95.7 cm³/mol. The van der Waals surface area contributed by atoms with E-state index in [1.165, 1.54) is 11.1 Å². The molecule has 6 heteroatoms. The smallest absolute Gasteiger partial charge is 0.319 e. The summed E-state index contributed by atoms with van der Waals surface area (Å²) in [6, 6.07) is 9.10. The summed E-state index contributed by atoms with van der Waals surface area (Å²) in [5, 5.41) is 5.52. The van der Waals surface area contributed by atoms with Crippen molar-refractivity contribution in [2.45, 2.75) is 20.8 Å². The number of urea groups is 1. The van der Waals surface area contributed by atoms with Gasteiger partial charge in [0.1, 0.15) is 12.4 Å². The molecule has 2 amide bonds. The Morgan fingerprint density at radius 1 is 1.04 bits per heavy atom. The molecular weight excluding hydrogens is 320 g/mol. The van der Waals surface area contributed by atoms with Crippen molar-refractivity contribution in [1.82, 2.24) is 5.32 Å². The number of nitrogens with one attached hydrogen (secondary N) is 2. The zero-order valence-electron chi connectivity index (χ0n) is 14.6. The molecule has 0 aromatic heterocycles. The molecule has 0 spiro atoms. The summed E-state index contributed by atoms with van der Waals surface area (Å²) in [6.45, 7) is 7.16. The van der Waals surface area contributed by atoms with E-state index >= 15 is 0 Å². The molecule has 0 aliphatic carbocycles. The first kappa shape index (κ1) is 17.0. The quantitative estimate of drug-likeness (QED) is 0.816. The van der Waals surface area contributed by atoms with E-state index in [1.807, 2.05) is 13.0 Å². The van der Waals surface area contributed by atoms with Gasteiger partial charge in [0.05, 0.1) is 6.54 Å². The summed E-state index contributed by atoms with van der Waals surface area (Å²) in [5.41, 5.74) is 4.17. The van der Waals surface area contributed by atoms with Gasteiger partial charge in [-0.05, 0) is 55.7 Å². The van der Waals surface area contributed by atoms with E-state index in [2.05, 4.69) is 30.5 Å². The largest absolute Gasteiger partial charge is 0.491 e. The molecule has 0 bridgehead atoms. The number of carbonyl (C=O) groups is 1. The van der Waals surface area contributed by atoms with E-state index in [0.29, 0.717) is 30.3 Å². The summed E-state index contributed by atoms with van der Waals surface area (Å²) < 4.78 is 16.3. The van der Waals surface area contributed by atoms with E-state index < -0.39 is 0 Å². The fraction of sp³-hybridized carbons (Fsp3) is 0.316. The Bertz CT molecular complexity index is 789. The molecule has 25 heavy (non-hydrogen) atoms. The van der Waals surface area contributed by atoms with Gasteiger partial charge < -0.3 is 24.8 Å². The summed E-state index contributed by atoms with van der Waals surface area (Å²) >= 11 is 0. The first-order valence-electron chi connectivity index (χ1n) is 8.18. The molecule has 0 atom stereocenters. The molecule has 2 aromatic carbocycles. The van der Waals surface area contributed by atoms with Crippen molar-refractivity contribution >= 4 is 11.7 Å². The van der Waals surface area contributed by atoms with Crippen LogP contribution in [0.4, 0.5) is 10.5 Å². The number of hydrogen-bond acceptors (Lipinski definition) is 4. The van der Waals surface area contributed by atoms with Crippen LogP contribution in [0.15, 0.2) is 30.3 Å². The van der Waals surface area contributed by atoms with E-state index in [9.17, 15) is 4.79 Å². The van der Waals surface area contributed by atoms with Gasteiger partial charge in [0.2, 0.25) is 6.79 Å². The number of hydrogen-bond donors (Lipinski definition) is 2. The molecule has 0 unspecified atom stereocenters. The Labute approximate surface area is 147 Å². The van der Waals surface area contributed by atoms with Gasteiger partial charge in [0.15, 0.2) is 11.5 Å². The third kappa shape index (κ3) is 4.15. The lowest BCUT2D eigenvalue weighted by Crippen LogP contribution is -2.32. The summed E-state index contributed by atoms with van der Waals surface area (Å²) in [5.74, 6) is 2.16. The second kappa shape index (κ2) is 7.34. The minimum Gasteiger partial charge on any atom is -0.491 e. The van der Waals surface area contributed by atoms with Gasteiger partial charge in [0.25, 0.3) is 0 Å². The number of fused-ring (bicyclic) bond motifs is 1. The molecule has 0 radical (unpaired) electrons. The third-order valence-corrected chi connectivity index (χ3v) is 4.07. The van der Waals surface area contributed by atoms with Gasteiger partial charge in [-0.3, -0.25) is 0 Å². The van der Waals surface area contributed by atoms with Gasteiger partial charge in [-0.15, -0.1) is 0 Å². The molecule has 0 fully saturated rings. The lowest BCUT2D eigenvalue weighted by molar-refractivity contribution is 0.174. The van der Waals surface area contributed by atoms with E-state index in [0.717, 1.165) is 11.3 Å². The Morgan fingerprint density at radius 2 is 1.80 bits per heavy atom. The van der Waals surface area contributed by atoms with Gasteiger partial charge in [-0.1, -0.05) is 6.07 Å². The highest BCUT2D eigenvalue weighted by Gasteiger charge is 2.14. The van der Waals surface area contributed by atoms with Crippen LogP contribution in [-0.2, 0) is 0 Å². The summed E-state index contributed by atoms with van der Waals surface area (Å²) in [7, 11) is 0. The van der Waals surface area contributed by atoms with Crippen molar-refractivity contribution in [2.24, 2.45) is 0 Å². The Hall–Kier alpha value is -2.89. The molecule has 6 nitrogen and oxygen atoms in total. The van der Waals surface area contributed by atoms with Crippen LogP contribution >= 0.6 is 0 Å². The van der Waals surface area contributed by atoms with E-state index in [1.54, 1.807) is 18.2 Å². The highest BCUT2D eigenvalue weighted by atomic mass is 16.7. The van der Waals surface area contributed by atoms with Crippen LogP contribution in [0.3, 0.4) is 0 Å². The topological polar surface area (TPSA) is 68.8 Å². The third-order valence-electron chi connectivity index (χ3n) is 4.07. The Balaban J connectivity index is 1.44. The SMILES string of the molecule is Cc1cc(C)c(OCCNC(=O)Nc2ccc3c(c2)OCO3)cc1C. The van der Waals surface area contributed by atoms with E-state index in [-0.39, 0.29) is 12.8 Å². The predicted octanol–water partition coefficient (Wildman–Crippen LogP) is 3.54. The van der Waals surface area contributed by atoms with Crippen molar-refractivity contribution in [3.05, 3.63) is 47.0 Å². The zero-order valence-corrected chi connectivity index (χ0v) is 14.6. The second-order valence-electron chi connectivity index (χ2n) is 6.00. The van der Waals surface area contributed by atoms with Crippen molar-refractivity contribution in [2.75, 3.05) is 25.3 Å². The molecule has 0 saturated carbocycles. The van der Waals surface area contributed by atoms with Crippen LogP contribution in [0.5, 0.6) is 17.2 Å². The molecule has 3 rings (SSSR count). The van der Waals surface area contributed by atoms with Crippen molar-refractivity contribution in [3.63, 3.8) is 0 Å². The average Bonchev–Trinajstić information content (AvgIpc) is 3.03. The number of benzene rings is 2. The first-order chi connectivity index (χ1) is 12.0. The van der Waals surface area contributed by atoms with Crippen LogP contribution in [0.2, 0.25) is 0 Å². The monoisotopic (exact) mass is 342 g/mol. The number of amides is 2. The molecule has 132 valence electrons. The number of carbonyl (C=O) groups excluding carboxylic acids is 1. The number of ether oxygens (including phenoxy) is 3. The maximum absolute atomic E-state index is 11.9. The number of aryl methyl sites for hydroxylation is 3. The lowest BCUT2D eigenvalue weighted by atomic mass is 10.1. The summed E-state index contributed by atoms with van der Waals surface area (Å²) in [4.78, 5) is 11.9. The van der Waals surface area contributed by atoms with Crippen LogP contribution in [-0.4, -0.2) is 26.0 Å². The van der Waals surface area contributed by atoms with Crippen LogP contribution in [0.1, 0.15) is 16.7 Å². The first-order valence-corrected chi connectivity index (χ1v) is 8.18. The van der Waals surface area contributed by atoms with Gasteiger partial charge in [0, 0.05) is 11.8 Å². The lowest BCUT2D eigenvalue weighted by Gasteiger charge is -2.12. The molecule has 1 heterocycles. The maximum atomic E-state index is 11.9. The highest BCUT2D eigenvalue weighted by molar-refractivity contribution is 5.89. The Morgan fingerprint density at radius 3 is 2.64 bits per heavy atom. The highest BCUT2D eigenvalue weighted by Crippen LogP contribution is 2.34.